The largest absolute Gasteiger partial charge is 0.342 e. The number of rotatable bonds is 4. The number of carbonyl (C=O) groups is 1. The van der Waals surface area contributed by atoms with Crippen molar-refractivity contribution < 1.29 is 9.18 Å². The standard InChI is InChI=1S/C17H13FN4OS/c1-22(17-21-16-13(18)3-2-4-14(16)24-17)10-15(23)20-12-7-5-11(9-19)6-8-12/h2-8H,10H2,1H3,(H,20,23). The van der Waals surface area contributed by atoms with Crippen LogP contribution in [0.15, 0.2) is 42.5 Å². The molecule has 0 atom stereocenters. The Hall–Kier alpha value is -2.98. The highest BCUT2D eigenvalue weighted by atomic mass is 32.1. The summed E-state index contributed by atoms with van der Waals surface area (Å²) in [5.74, 6) is -0.590. The summed E-state index contributed by atoms with van der Waals surface area (Å²) in [7, 11) is 1.73. The molecular formula is C17H13FN4OS. The molecule has 1 amide bonds. The Balaban J connectivity index is 1.68. The summed E-state index contributed by atoms with van der Waals surface area (Å²) in [5.41, 5.74) is 1.46. The van der Waals surface area contributed by atoms with Crippen molar-refractivity contribution in [2.75, 3.05) is 23.8 Å². The van der Waals surface area contributed by atoms with Gasteiger partial charge in [0.25, 0.3) is 0 Å². The molecule has 3 aromatic rings. The summed E-state index contributed by atoms with van der Waals surface area (Å²) in [6, 6.07) is 13.4. The van der Waals surface area contributed by atoms with Gasteiger partial charge in [0.05, 0.1) is 22.9 Å². The Labute approximate surface area is 142 Å². The molecule has 1 N–H and O–H groups in total. The van der Waals surface area contributed by atoms with Crippen molar-refractivity contribution in [3.63, 3.8) is 0 Å². The van der Waals surface area contributed by atoms with Crippen LogP contribution in [0.4, 0.5) is 15.2 Å². The molecule has 0 saturated carbocycles. The van der Waals surface area contributed by atoms with Gasteiger partial charge >= 0.3 is 0 Å². The summed E-state index contributed by atoms with van der Waals surface area (Å²) in [4.78, 5) is 18.0. The average molecular weight is 340 g/mol. The first-order chi connectivity index (χ1) is 11.6. The van der Waals surface area contributed by atoms with Crippen LogP contribution in [-0.2, 0) is 4.79 Å². The second-order valence-corrected chi connectivity index (χ2v) is 6.19. The molecule has 5 nitrogen and oxygen atoms in total. The second kappa shape index (κ2) is 6.64. The SMILES string of the molecule is CN(CC(=O)Nc1ccc(C#N)cc1)c1nc2c(F)cccc2s1. The van der Waals surface area contributed by atoms with Crippen LogP contribution in [0.25, 0.3) is 10.2 Å². The fraction of sp³-hybridized carbons (Fsp3) is 0.118. The minimum atomic E-state index is -0.370. The number of halogens is 1. The van der Waals surface area contributed by atoms with Crippen molar-refractivity contribution in [2.24, 2.45) is 0 Å². The first-order valence-corrected chi connectivity index (χ1v) is 7.94. The van der Waals surface area contributed by atoms with Crippen LogP contribution in [-0.4, -0.2) is 24.5 Å². The van der Waals surface area contributed by atoms with Crippen LogP contribution < -0.4 is 10.2 Å². The Morgan fingerprint density at radius 3 is 2.75 bits per heavy atom. The van der Waals surface area contributed by atoms with Crippen LogP contribution in [0.5, 0.6) is 0 Å². The van der Waals surface area contributed by atoms with Crippen LogP contribution in [0.2, 0.25) is 0 Å². The maximum absolute atomic E-state index is 13.7. The number of aromatic nitrogens is 1. The van der Waals surface area contributed by atoms with E-state index in [1.54, 1.807) is 48.3 Å². The predicted molar refractivity (Wildman–Crippen MR) is 92.6 cm³/mol. The lowest BCUT2D eigenvalue weighted by atomic mass is 10.2. The zero-order chi connectivity index (χ0) is 17.1. The number of amides is 1. The number of benzene rings is 2. The summed E-state index contributed by atoms with van der Waals surface area (Å²) in [6.45, 7) is 0.0848. The molecule has 1 heterocycles. The summed E-state index contributed by atoms with van der Waals surface area (Å²) >= 11 is 1.33. The number of nitrogens with zero attached hydrogens (tertiary/aromatic N) is 3. The van der Waals surface area contributed by atoms with Gasteiger partial charge in [0, 0.05) is 12.7 Å². The Morgan fingerprint density at radius 1 is 1.33 bits per heavy atom. The van der Waals surface area contributed by atoms with Gasteiger partial charge in [0.15, 0.2) is 5.13 Å². The lowest BCUT2D eigenvalue weighted by Gasteiger charge is -2.15. The number of carbonyl (C=O) groups excluding carboxylic acids is 1. The van der Waals surface area contributed by atoms with Gasteiger partial charge in [0.2, 0.25) is 5.91 Å². The lowest BCUT2D eigenvalue weighted by molar-refractivity contribution is -0.114. The molecule has 120 valence electrons. The molecule has 3 rings (SSSR count). The number of hydrogen-bond donors (Lipinski definition) is 1. The molecule has 0 aliphatic heterocycles. The Morgan fingerprint density at radius 2 is 2.08 bits per heavy atom. The van der Waals surface area contributed by atoms with Gasteiger partial charge in [-0.15, -0.1) is 0 Å². The molecule has 0 saturated heterocycles. The summed E-state index contributed by atoms with van der Waals surface area (Å²) in [6.07, 6.45) is 0. The number of fused-ring (bicyclic) bond motifs is 1. The molecule has 24 heavy (non-hydrogen) atoms. The average Bonchev–Trinajstić information content (AvgIpc) is 3.01. The van der Waals surface area contributed by atoms with Crippen LogP contribution in [0.3, 0.4) is 0 Å². The normalized spacial score (nSPS) is 10.4. The third-order valence-electron chi connectivity index (χ3n) is 3.36. The van der Waals surface area contributed by atoms with E-state index in [2.05, 4.69) is 10.3 Å². The van der Waals surface area contributed by atoms with Gasteiger partial charge in [-0.2, -0.15) is 5.26 Å². The molecular weight excluding hydrogens is 327 g/mol. The van der Waals surface area contributed by atoms with E-state index in [9.17, 15) is 9.18 Å². The minimum absolute atomic E-state index is 0.0848. The van der Waals surface area contributed by atoms with E-state index in [0.29, 0.717) is 21.9 Å². The van der Waals surface area contributed by atoms with Crippen LogP contribution in [0.1, 0.15) is 5.56 Å². The molecule has 7 heteroatoms. The van der Waals surface area contributed by atoms with E-state index in [0.717, 1.165) is 4.70 Å². The van der Waals surface area contributed by atoms with E-state index in [1.807, 2.05) is 6.07 Å². The number of para-hydroxylation sites is 1. The highest BCUT2D eigenvalue weighted by Gasteiger charge is 2.14. The van der Waals surface area contributed by atoms with Gasteiger partial charge in [0.1, 0.15) is 11.3 Å². The first kappa shape index (κ1) is 15.9. The van der Waals surface area contributed by atoms with Crippen molar-refractivity contribution in [2.45, 2.75) is 0 Å². The van der Waals surface area contributed by atoms with Crippen molar-refractivity contribution >= 4 is 38.3 Å². The smallest absolute Gasteiger partial charge is 0.243 e. The van der Waals surface area contributed by atoms with E-state index >= 15 is 0 Å². The lowest BCUT2D eigenvalue weighted by Crippen LogP contribution is -2.29. The maximum atomic E-state index is 13.7. The first-order valence-electron chi connectivity index (χ1n) is 7.13. The third-order valence-corrected chi connectivity index (χ3v) is 4.50. The van der Waals surface area contributed by atoms with Crippen molar-refractivity contribution in [3.05, 3.63) is 53.8 Å². The maximum Gasteiger partial charge on any atom is 0.243 e. The highest BCUT2D eigenvalue weighted by molar-refractivity contribution is 7.22. The molecule has 0 aliphatic carbocycles. The fourth-order valence-corrected chi connectivity index (χ4v) is 3.12. The monoisotopic (exact) mass is 340 g/mol. The molecule has 1 aromatic heterocycles. The predicted octanol–water partition coefficient (Wildman–Crippen LogP) is 3.38. The Kier molecular flexibility index (Phi) is 4.40. The molecule has 0 bridgehead atoms. The molecule has 0 spiro atoms. The molecule has 2 aromatic carbocycles. The van der Waals surface area contributed by atoms with E-state index < -0.39 is 0 Å². The second-order valence-electron chi connectivity index (χ2n) is 5.18. The van der Waals surface area contributed by atoms with Gasteiger partial charge in [-0.25, -0.2) is 9.37 Å². The number of nitrogens with one attached hydrogen (secondary N) is 1. The fourth-order valence-electron chi connectivity index (χ4n) is 2.18. The van der Waals surface area contributed by atoms with Crippen molar-refractivity contribution in [1.82, 2.24) is 4.98 Å². The van der Waals surface area contributed by atoms with Gasteiger partial charge in [-0.05, 0) is 36.4 Å². The Bertz CT molecular complexity index is 930. The number of anilines is 2. The molecule has 0 radical (unpaired) electrons. The van der Waals surface area contributed by atoms with Gasteiger partial charge in [-0.1, -0.05) is 17.4 Å². The van der Waals surface area contributed by atoms with Crippen molar-refractivity contribution in [1.29, 1.82) is 5.26 Å². The number of nitriles is 1. The quantitative estimate of drug-likeness (QED) is 0.790. The topological polar surface area (TPSA) is 69.0 Å². The minimum Gasteiger partial charge on any atom is -0.342 e. The molecule has 0 unspecified atom stereocenters. The summed E-state index contributed by atoms with van der Waals surface area (Å²) in [5, 5.41) is 12.1. The van der Waals surface area contributed by atoms with Crippen LogP contribution in [0, 0.1) is 17.1 Å². The third kappa shape index (κ3) is 3.34. The van der Waals surface area contributed by atoms with E-state index in [-0.39, 0.29) is 18.3 Å². The molecule has 0 aliphatic rings. The number of hydrogen-bond acceptors (Lipinski definition) is 5. The van der Waals surface area contributed by atoms with E-state index in [4.69, 9.17) is 5.26 Å². The highest BCUT2D eigenvalue weighted by Crippen LogP contribution is 2.29. The zero-order valence-electron chi connectivity index (χ0n) is 12.8. The number of likely N-dealkylation sites (N-methyl/N-ethyl adjacent to an activating group) is 1. The van der Waals surface area contributed by atoms with Gasteiger partial charge < -0.3 is 10.2 Å². The zero-order valence-corrected chi connectivity index (χ0v) is 13.6. The number of thiazole rings is 1. The van der Waals surface area contributed by atoms with Gasteiger partial charge in [-0.3, -0.25) is 4.79 Å². The summed E-state index contributed by atoms with van der Waals surface area (Å²) < 4.78 is 14.4. The van der Waals surface area contributed by atoms with Crippen molar-refractivity contribution in [3.8, 4) is 6.07 Å². The molecule has 0 fully saturated rings. The van der Waals surface area contributed by atoms with E-state index in [1.165, 1.54) is 17.4 Å². The van der Waals surface area contributed by atoms with Crippen LogP contribution >= 0.6 is 11.3 Å².